The normalized spacial score (nSPS) is 23.3. The van der Waals surface area contributed by atoms with Gasteiger partial charge in [0, 0.05) is 45.1 Å². The predicted molar refractivity (Wildman–Crippen MR) is 94.6 cm³/mol. The van der Waals surface area contributed by atoms with E-state index in [0.717, 1.165) is 24.5 Å². The van der Waals surface area contributed by atoms with Crippen LogP contribution in [0.3, 0.4) is 0 Å². The van der Waals surface area contributed by atoms with Crippen LogP contribution in [0.25, 0.3) is 0 Å². The van der Waals surface area contributed by atoms with Crippen LogP contribution in [0.4, 0.5) is 10.2 Å². The summed E-state index contributed by atoms with van der Waals surface area (Å²) < 4.78 is 13.5. The molecule has 4 rings (SSSR count). The van der Waals surface area contributed by atoms with Gasteiger partial charge in [0.1, 0.15) is 11.6 Å². The van der Waals surface area contributed by atoms with Gasteiger partial charge in [0.05, 0.1) is 18.2 Å². The number of hydrazine groups is 1. The molecule has 3 heterocycles. The molecule has 2 aromatic rings. The number of hydrogen-bond acceptors (Lipinski definition) is 6. The summed E-state index contributed by atoms with van der Waals surface area (Å²) in [4.78, 5) is 25.4. The lowest BCUT2D eigenvalue weighted by molar-refractivity contribution is -0.135. The van der Waals surface area contributed by atoms with Gasteiger partial charge in [0.25, 0.3) is 0 Å². The van der Waals surface area contributed by atoms with Crippen molar-refractivity contribution in [1.29, 1.82) is 0 Å². The third kappa shape index (κ3) is 3.38. The first-order valence-corrected chi connectivity index (χ1v) is 8.76. The quantitative estimate of drug-likeness (QED) is 0.845. The first kappa shape index (κ1) is 16.9. The first-order chi connectivity index (χ1) is 12.7. The molecule has 26 heavy (non-hydrogen) atoms. The molecule has 2 N–H and O–H groups in total. The number of rotatable bonds is 3. The maximum atomic E-state index is 13.5. The van der Waals surface area contributed by atoms with Gasteiger partial charge >= 0.3 is 0 Å². The number of anilines is 1. The van der Waals surface area contributed by atoms with Gasteiger partial charge in [-0.15, -0.1) is 0 Å². The van der Waals surface area contributed by atoms with Crippen LogP contribution >= 0.6 is 0 Å². The van der Waals surface area contributed by atoms with E-state index >= 15 is 0 Å². The fourth-order valence-corrected chi connectivity index (χ4v) is 3.59. The molecular weight excluding hydrogens is 335 g/mol. The van der Waals surface area contributed by atoms with E-state index in [9.17, 15) is 9.18 Å². The lowest BCUT2D eigenvalue weighted by Crippen LogP contribution is -2.51. The second kappa shape index (κ2) is 7.35. The molecule has 0 bridgehead atoms. The Bertz CT molecular complexity index is 765. The zero-order valence-electron chi connectivity index (χ0n) is 14.3. The van der Waals surface area contributed by atoms with E-state index in [1.807, 2.05) is 11.0 Å². The van der Waals surface area contributed by atoms with Gasteiger partial charge in [0.15, 0.2) is 0 Å². The summed E-state index contributed by atoms with van der Waals surface area (Å²) in [6.07, 6.45) is 5.06. The van der Waals surface area contributed by atoms with E-state index in [4.69, 9.17) is 0 Å². The smallest absolute Gasteiger partial charge is 0.229 e. The molecular formula is C18H21FN6O. The molecule has 2 fully saturated rings. The molecule has 2 atom stereocenters. The first-order valence-electron chi connectivity index (χ1n) is 8.76. The Labute approximate surface area is 151 Å². The maximum absolute atomic E-state index is 13.5. The van der Waals surface area contributed by atoms with Gasteiger partial charge in [-0.1, -0.05) is 12.1 Å². The highest BCUT2D eigenvalue weighted by Gasteiger charge is 2.37. The summed E-state index contributed by atoms with van der Waals surface area (Å²) >= 11 is 0. The summed E-state index contributed by atoms with van der Waals surface area (Å²) in [5.74, 6) is 0.386. The van der Waals surface area contributed by atoms with Crippen molar-refractivity contribution in [1.82, 2.24) is 25.7 Å². The molecule has 7 nitrogen and oxygen atoms in total. The van der Waals surface area contributed by atoms with Crippen LogP contribution in [0.2, 0.25) is 0 Å². The largest absolute Gasteiger partial charge is 0.352 e. The van der Waals surface area contributed by atoms with Crippen molar-refractivity contribution in [3.05, 3.63) is 54.2 Å². The minimum absolute atomic E-state index is 0.0931. The van der Waals surface area contributed by atoms with E-state index in [-0.39, 0.29) is 23.7 Å². The Kier molecular flexibility index (Phi) is 4.77. The number of carbonyl (C=O) groups excluding carboxylic acids is 1. The van der Waals surface area contributed by atoms with Crippen LogP contribution in [0, 0.1) is 11.7 Å². The van der Waals surface area contributed by atoms with Crippen molar-refractivity contribution in [2.75, 3.05) is 37.6 Å². The van der Waals surface area contributed by atoms with Crippen molar-refractivity contribution in [3.8, 4) is 0 Å². The molecule has 1 aromatic carbocycles. The summed E-state index contributed by atoms with van der Waals surface area (Å²) in [6.45, 7) is 3.26. The van der Waals surface area contributed by atoms with Gasteiger partial charge in [0.2, 0.25) is 5.91 Å². The van der Waals surface area contributed by atoms with Crippen LogP contribution in [0.5, 0.6) is 0 Å². The summed E-state index contributed by atoms with van der Waals surface area (Å²) in [5, 5.41) is 0. The Morgan fingerprint density at radius 1 is 1.19 bits per heavy atom. The molecule has 2 saturated heterocycles. The van der Waals surface area contributed by atoms with E-state index in [1.165, 1.54) is 12.1 Å². The van der Waals surface area contributed by atoms with Gasteiger partial charge in [-0.25, -0.2) is 14.8 Å². The monoisotopic (exact) mass is 356 g/mol. The van der Waals surface area contributed by atoms with Gasteiger partial charge in [-0.05, 0) is 17.7 Å². The Balaban J connectivity index is 1.41. The van der Waals surface area contributed by atoms with Gasteiger partial charge in [-0.3, -0.25) is 15.2 Å². The average molecular weight is 356 g/mol. The lowest BCUT2D eigenvalue weighted by Gasteiger charge is -2.37. The number of amides is 1. The molecule has 2 aliphatic rings. The third-order valence-electron chi connectivity index (χ3n) is 4.97. The van der Waals surface area contributed by atoms with Crippen LogP contribution in [-0.2, 0) is 4.79 Å². The highest BCUT2D eigenvalue weighted by Crippen LogP contribution is 2.27. The van der Waals surface area contributed by atoms with E-state index in [0.29, 0.717) is 19.6 Å². The summed E-state index contributed by atoms with van der Waals surface area (Å²) in [6, 6.07) is 6.19. The minimum atomic E-state index is -0.292. The Hall–Kier alpha value is -2.58. The highest BCUT2D eigenvalue weighted by atomic mass is 19.1. The molecule has 1 amide bonds. The second-order valence-electron chi connectivity index (χ2n) is 6.54. The average Bonchev–Trinajstić information content (AvgIpc) is 3.18. The number of halogens is 1. The second-order valence-corrected chi connectivity index (χ2v) is 6.54. The number of nitrogens with zero attached hydrogens (tertiary/aromatic N) is 4. The molecule has 0 radical (unpaired) electrons. The molecule has 136 valence electrons. The number of benzene rings is 1. The van der Waals surface area contributed by atoms with E-state index in [1.54, 1.807) is 24.7 Å². The van der Waals surface area contributed by atoms with Crippen molar-refractivity contribution in [2.24, 2.45) is 5.92 Å². The van der Waals surface area contributed by atoms with Crippen LogP contribution < -0.4 is 15.8 Å². The number of aromatic nitrogens is 2. The van der Waals surface area contributed by atoms with Gasteiger partial charge in [-0.2, -0.15) is 0 Å². The fraction of sp³-hybridized carbons (Fsp3) is 0.389. The number of nitrogens with one attached hydrogen (secondary N) is 2. The molecule has 0 spiro atoms. The number of piperazine rings is 1. The van der Waals surface area contributed by atoms with E-state index < -0.39 is 0 Å². The SMILES string of the molecule is O=C(C1CNNC1c1cccc(F)c1)N1CCN(c2cnccn2)CC1. The van der Waals surface area contributed by atoms with Crippen molar-refractivity contribution >= 4 is 11.7 Å². The summed E-state index contributed by atoms with van der Waals surface area (Å²) in [5.41, 5.74) is 6.94. The topological polar surface area (TPSA) is 73.4 Å². The molecule has 2 unspecified atom stereocenters. The highest BCUT2D eigenvalue weighted by molar-refractivity contribution is 5.80. The van der Waals surface area contributed by atoms with E-state index in [2.05, 4.69) is 25.7 Å². The van der Waals surface area contributed by atoms with Crippen LogP contribution in [-0.4, -0.2) is 53.5 Å². The van der Waals surface area contributed by atoms with Gasteiger partial charge < -0.3 is 9.80 Å². The molecule has 1 aromatic heterocycles. The minimum Gasteiger partial charge on any atom is -0.352 e. The van der Waals surface area contributed by atoms with Crippen molar-refractivity contribution in [2.45, 2.75) is 6.04 Å². The summed E-state index contributed by atoms with van der Waals surface area (Å²) in [7, 11) is 0. The fourth-order valence-electron chi connectivity index (χ4n) is 3.59. The zero-order chi connectivity index (χ0) is 17.9. The maximum Gasteiger partial charge on any atom is 0.229 e. The van der Waals surface area contributed by atoms with Crippen molar-refractivity contribution in [3.63, 3.8) is 0 Å². The predicted octanol–water partition coefficient (Wildman–Crippen LogP) is 0.730. The zero-order valence-corrected chi connectivity index (χ0v) is 14.3. The number of carbonyl (C=O) groups is 1. The van der Waals surface area contributed by atoms with Crippen LogP contribution in [0.1, 0.15) is 11.6 Å². The van der Waals surface area contributed by atoms with Crippen molar-refractivity contribution < 1.29 is 9.18 Å². The lowest BCUT2D eigenvalue weighted by atomic mass is 9.93. The standard InChI is InChI=1S/C18H21FN6O/c19-14-3-1-2-13(10-14)17-15(11-22-23-17)18(26)25-8-6-24(7-9-25)16-12-20-4-5-21-16/h1-5,10,12,15,17,22-23H,6-9,11H2. The Morgan fingerprint density at radius 2 is 2.04 bits per heavy atom. The number of hydrogen-bond donors (Lipinski definition) is 2. The molecule has 0 aliphatic carbocycles. The molecule has 0 saturated carbocycles. The third-order valence-corrected chi connectivity index (χ3v) is 4.97. The Morgan fingerprint density at radius 3 is 2.77 bits per heavy atom. The molecule has 8 heteroatoms. The van der Waals surface area contributed by atoms with Crippen LogP contribution in [0.15, 0.2) is 42.9 Å². The molecule has 2 aliphatic heterocycles.